The lowest BCUT2D eigenvalue weighted by Crippen LogP contribution is -2.41. The second kappa shape index (κ2) is 7.09. The first-order chi connectivity index (χ1) is 13.0. The molecule has 2 fully saturated rings. The quantitative estimate of drug-likeness (QED) is 0.848. The van der Waals surface area contributed by atoms with E-state index in [1.54, 1.807) is 18.2 Å². The molecule has 144 valence electrons. The van der Waals surface area contributed by atoms with Crippen LogP contribution in [0.5, 0.6) is 5.75 Å². The van der Waals surface area contributed by atoms with Gasteiger partial charge < -0.3 is 19.8 Å². The Morgan fingerprint density at radius 1 is 1.22 bits per heavy atom. The minimum atomic E-state index is -0.911. The Morgan fingerprint density at radius 3 is 2.74 bits per heavy atom. The molecule has 0 unspecified atom stereocenters. The summed E-state index contributed by atoms with van der Waals surface area (Å²) in [7, 11) is 1.61. The van der Waals surface area contributed by atoms with E-state index in [9.17, 15) is 15.0 Å². The molecule has 1 aliphatic heterocycles. The van der Waals surface area contributed by atoms with Crippen LogP contribution in [0.4, 0.5) is 0 Å². The van der Waals surface area contributed by atoms with Crippen molar-refractivity contribution in [1.29, 1.82) is 0 Å². The highest BCUT2D eigenvalue weighted by Crippen LogP contribution is 2.44. The molecule has 1 saturated carbocycles. The number of benzene rings is 1. The highest BCUT2D eigenvalue weighted by molar-refractivity contribution is 5.97. The fourth-order valence-corrected chi connectivity index (χ4v) is 4.63. The number of hydrogen-bond acceptors (Lipinski definition) is 5. The number of hydrogen-bond donors (Lipinski definition) is 2. The fourth-order valence-electron chi connectivity index (χ4n) is 4.63. The van der Waals surface area contributed by atoms with E-state index in [4.69, 9.17) is 4.74 Å². The number of aliphatic hydroxyl groups is 2. The molecule has 1 aromatic heterocycles. The summed E-state index contributed by atoms with van der Waals surface area (Å²) in [6.45, 7) is 0.739. The van der Waals surface area contributed by atoms with Gasteiger partial charge in [-0.1, -0.05) is 12.8 Å². The van der Waals surface area contributed by atoms with E-state index in [1.807, 2.05) is 24.3 Å². The van der Waals surface area contributed by atoms with Crippen LogP contribution in [0.2, 0.25) is 0 Å². The normalized spacial score (nSPS) is 24.9. The Hall–Kier alpha value is -2.18. The summed E-state index contributed by atoms with van der Waals surface area (Å²) in [6.07, 6.45) is 4.68. The second-order valence-corrected chi connectivity index (χ2v) is 8.01. The summed E-state index contributed by atoms with van der Waals surface area (Å²) >= 11 is 0. The minimum absolute atomic E-state index is 0.0792. The third-order valence-electron chi connectivity index (χ3n) is 6.11. The fraction of sp³-hybridized carbons (Fsp3) is 0.524. The zero-order chi connectivity index (χ0) is 19.0. The maximum Gasteiger partial charge on any atom is 0.255 e. The largest absolute Gasteiger partial charge is 0.497 e. The Balaban J connectivity index is 1.63. The highest BCUT2D eigenvalue weighted by Gasteiger charge is 2.43. The lowest BCUT2D eigenvalue weighted by atomic mass is 9.80. The molecule has 0 bridgehead atoms. The van der Waals surface area contributed by atoms with E-state index in [0.717, 1.165) is 42.3 Å². The number of β-amino-alcohol motifs (C(OH)–C–C–N with tert-alkyl or cyclic N) is 1. The number of methoxy groups -OCH3 is 1. The maximum atomic E-state index is 13.2. The molecule has 6 nitrogen and oxygen atoms in total. The van der Waals surface area contributed by atoms with Crippen molar-refractivity contribution in [1.82, 2.24) is 9.88 Å². The van der Waals surface area contributed by atoms with Crippen LogP contribution in [0, 0.1) is 5.41 Å². The van der Waals surface area contributed by atoms with Crippen molar-refractivity contribution in [3.8, 4) is 5.75 Å². The first-order valence-electron chi connectivity index (χ1n) is 9.59. The smallest absolute Gasteiger partial charge is 0.255 e. The zero-order valence-electron chi connectivity index (χ0n) is 15.6. The van der Waals surface area contributed by atoms with Crippen LogP contribution in [0.15, 0.2) is 30.5 Å². The Labute approximate surface area is 158 Å². The van der Waals surface area contributed by atoms with Crippen LogP contribution >= 0.6 is 0 Å². The lowest BCUT2D eigenvalue weighted by molar-refractivity contribution is 0.00160. The minimum Gasteiger partial charge on any atom is -0.497 e. The number of ether oxygens (including phenoxy) is 1. The first-order valence-corrected chi connectivity index (χ1v) is 9.59. The molecule has 2 atom stereocenters. The third-order valence-corrected chi connectivity index (χ3v) is 6.11. The first kappa shape index (κ1) is 18.2. The third kappa shape index (κ3) is 3.51. The summed E-state index contributed by atoms with van der Waals surface area (Å²) in [5.41, 5.74) is 1.19. The molecule has 2 aromatic rings. The summed E-state index contributed by atoms with van der Waals surface area (Å²) < 4.78 is 5.22. The lowest BCUT2D eigenvalue weighted by Gasteiger charge is -2.33. The van der Waals surface area contributed by atoms with Crippen LogP contribution < -0.4 is 4.74 Å². The van der Waals surface area contributed by atoms with Gasteiger partial charge in [0.2, 0.25) is 0 Å². The Kier molecular flexibility index (Phi) is 4.78. The second-order valence-electron chi connectivity index (χ2n) is 8.01. The molecule has 2 heterocycles. The molecule has 27 heavy (non-hydrogen) atoms. The van der Waals surface area contributed by atoms with Crippen molar-refractivity contribution >= 4 is 16.8 Å². The van der Waals surface area contributed by atoms with E-state index in [0.29, 0.717) is 18.5 Å². The van der Waals surface area contributed by atoms with E-state index >= 15 is 0 Å². The van der Waals surface area contributed by atoms with E-state index < -0.39 is 12.2 Å². The monoisotopic (exact) mass is 370 g/mol. The number of aromatic nitrogens is 1. The summed E-state index contributed by atoms with van der Waals surface area (Å²) in [5.74, 6) is 0.585. The summed E-state index contributed by atoms with van der Waals surface area (Å²) in [6, 6.07) is 7.40. The van der Waals surface area contributed by atoms with E-state index in [1.165, 1.54) is 0 Å². The zero-order valence-corrected chi connectivity index (χ0v) is 15.6. The number of pyridine rings is 1. The van der Waals surface area contributed by atoms with Crippen molar-refractivity contribution in [2.45, 2.75) is 44.3 Å². The molecule has 1 spiro atoms. The van der Waals surface area contributed by atoms with Crippen molar-refractivity contribution in [3.05, 3.63) is 36.0 Å². The van der Waals surface area contributed by atoms with Gasteiger partial charge in [0.15, 0.2) is 0 Å². The number of fused-ring (bicyclic) bond motifs is 1. The maximum absolute atomic E-state index is 13.2. The molecule has 2 aliphatic rings. The molecule has 1 aliphatic carbocycles. The summed E-state index contributed by atoms with van der Waals surface area (Å²) in [5, 5.41) is 21.5. The van der Waals surface area contributed by atoms with Gasteiger partial charge in [0.1, 0.15) is 5.75 Å². The predicted octanol–water partition coefficient (Wildman–Crippen LogP) is 2.37. The topological polar surface area (TPSA) is 82.9 Å². The van der Waals surface area contributed by atoms with Crippen LogP contribution in [0.3, 0.4) is 0 Å². The van der Waals surface area contributed by atoms with Crippen LogP contribution in [0.1, 0.15) is 42.5 Å². The molecule has 6 heteroatoms. The standard InChI is InChI=1S/C21H26N2O4/c1-27-16-5-4-14-8-15(11-22-17(14)9-16)20(26)23-12-19(25)18(24)10-21(13-23)6-2-3-7-21/h4-5,8-9,11,18-19,24-25H,2-3,6-7,10,12-13H2,1H3/t18-,19+/m0/s1. The van der Waals surface area contributed by atoms with Crippen molar-refractivity contribution in [3.63, 3.8) is 0 Å². The van der Waals surface area contributed by atoms with E-state index in [2.05, 4.69) is 4.98 Å². The highest BCUT2D eigenvalue weighted by atomic mass is 16.5. The SMILES string of the molecule is COc1ccc2cc(C(=O)N3C[C@@H](O)[C@@H](O)CC4(CCCC4)C3)cnc2c1. The van der Waals surface area contributed by atoms with Crippen LogP contribution in [-0.4, -0.2) is 58.4 Å². The number of amides is 1. The average molecular weight is 370 g/mol. The molecular formula is C21H26N2O4. The van der Waals surface area contributed by atoms with Gasteiger partial charge in [-0.05, 0) is 42.9 Å². The van der Waals surface area contributed by atoms with Gasteiger partial charge in [-0.25, -0.2) is 0 Å². The van der Waals surface area contributed by atoms with Crippen molar-refractivity contribution < 1.29 is 19.7 Å². The van der Waals surface area contributed by atoms with Gasteiger partial charge >= 0.3 is 0 Å². The van der Waals surface area contributed by atoms with Gasteiger partial charge in [0.05, 0.1) is 30.4 Å². The molecule has 0 radical (unpaired) electrons. The van der Waals surface area contributed by atoms with Crippen molar-refractivity contribution in [2.24, 2.45) is 5.41 Å². The molecule has 1 saturated heterocycles. The molecule has 1 aromatic carbocycles. The number of nitrogens with zero attached hydrogens (tertiary/aromatic N) is 2. The number of carbonyl (C=O) groups is 1. The Bertz CT molecular complexity index is 847. The van der Waals surface area contributed by atoms with Gasteiger partial charge in [-0.2, -0.15) is 0 Å². The summed E-state index contributed by atoms with van der Waals surface area (Å²) in [4.78, 5) is 19.3. The number of carbonyl (C=O) groups excluding carboxylic acids is 1. The Morgan fingerprint density at radius 2 is 2.00 bits per heavy atom. The predicted molar refractivity (Wildman–Crippen MR) is 102 cm³/mol. The van der Waals surface area contributed by atoms with Gasteiger partial charge in [-0.3, -0.25) is 9.78 Å². The molecule has 4 rings (SSSR count). The van der Waals surface area contributed by atoms with Gasteiger partial charge in [0.25, 0.3) is 5.91 Å². The van der Waals surface area contributed by atoms with Gasteiger partial charge in [-0.15, -0.1) is 0 Å². The average Bonchev–Trinajstić information content (AvgIpc) is 3.08. The number of rotatable bonds is 2. The number of likely N-dealkylation sites (tertiary alicyclic amines) is 1. The van der Waals surface area contributed by atoms with E-state index in [-0.39, 0.29) is 17.9 Å². The number of aliphatic hydroxyl groups excluding tert-OH is 2. The van der Waals surface area contributed by atoms with Crippen molar-refractivity contribution in [2.75, 3.05) is 20.2 Å². The van der Waals surface area contributed by atoms with Crippen LogP contribution in [-0.2, 0) is 0 Å². The van der Waals surface area contributed by atoms with Gasteiger partial charge in [0, 0.05) is 30.7 Å². The molecule has 1 amide bonds. The molecular weight excluding hydrogens is 344 g/mol. The molecule has 2 N–H and O–H groups in total. The van der Waals surface area contributed by atoms with Crippen LogP contribution in [0.25, 0.3) is 10.9 Å².